The van der Waals surface area contributed by atoms with Crippen LogP contribution in [-0.4, -0.2) is 58.5 Å². The Morgan fingerprint density at radius 2 is 0.628 bits per heavy atom. The van der Waals surface area contributed by atoms with Gasteiger partial charge in [0.2, 0.25) is 0 Å². The van der Waals surface area contributed by atoms with Gasteiger partial charge in [0.15, 0.2) is 11.2 Å². The highest BCUT2D eigenvalue weighted by Gasteiger charge is 2.47. The third kappa shape index (κ3) is 21.2. The Hall–Kier alpha value is -15.8. The van der Waals surface area contributed by atoms with Gasteiger partial charge in [-0.1, -0.05) is 245 Å². The summed E-state index contributed by atoms with van der Waals surface area (Å²) < 4.78 is 26.9. The summed E-state index contributed by atoms with van der Waals surface area (Å²) in [6.45, 7) is 61.3. The van der Waals surface area contributed by atoms with Crippen molar-refractivity contribution in [2.45, 2.75) is 242 Å². The van der Waals surface area contributed by atoms with Crippen molar-refractivity contribution < 1.29 is 18.9 Å². The number of allylic oxidation sites excluding steroid dienone is 12. The van der Waals surface area contributed by atoms with Crippen LogP contribution in [0.5, 0.6) is 0 Å². The van der Waals surface area contributed by atoms with Crippen molar-refractivity contribution in [2.75, 3.05) is 72.5 Å². The Labute approximate surface area is 876 Å². The minimum absolute atomic E-state index is 0.0977. The van der Waals surface area contributed by atoms with Gasteiger partial charge in [-0.3, -0.25) is 0 Å². The molecule has 148 heavy (non-hydrogen) atoms. The number of hydrogen-bond acceptors (Lipinski definition) is 12. The molecule has 11 heterocycles. The van der Waals surface area contributed by atoms with E-state index in [1.165, 1.54) is 105 Å². The van der Waals surface area contributed by atoms with E-state index in [0.29, 0.717) is 59.7 Å². The highest BCUT2D eigenvalue weighted by Crippen LogP contribution is 2.55. The topological polar surface area (TPSA) is 162 Å². The molecule has 744 valence electrons. The van der Waals surface area contributed by atoms with Crippen LogP contribution in [0.25, 0.3) is 43.7 Å². The maximum absolute atomic E-state index is 9.87. The molecule has 1 aliphatic carbocycles. The number of anilines is 4. The molecule has 0 N–H and O–H groups in total. The van der Waals surface area contributed by atoms with Crippen molar-refractivity contribution >= 4 is 47.1 Å². The van der Waals surface area contributed by atoms with Crippen molar-refractivity contribution in [3.63, 3.8) is 0 Å². The summed E-state index contributed by atoms with van der Waals surface area (Å²) in [4.78, 5) is 24.2. The maximum atomic E-state index is 9.87. The zero-order chi connectivity index (χ0) is 104. The summed E-state index contributed by atoms with van der Waals surface area (Å²) in [5, 5.41) is 38.7. The lowest BCUT2D eigenvalue weighted by atomic mass is 9.69. The van der Waals surface area contributed by atoms with E-state index in [2.05, 4.69) is 254 Å². The van der Waals surface area contributed by atoms with Crippen molar-refractivity contribution in [1.29, 1.82) is 21.0 Å². The number of aryl methyl sites for hydroxylation is 4. The summed E-state index contributed by atoms with van der Waals surface area (Å²) in [5.41, 5.74) is 28.0. The van der Waals surface area contributed by atoms with Gasteiger partial charge in [0.05, 0.1) is 50.6 Å². The van der Waals surface area contributed by atoms with Crippen LogP contribution < -0.4 is 19.6 Å². The number of rotatable bonds is 14. The van der Waals surface area contributed by atoms with Crippen molar-refractivity contribution in [3.05, 3.63) is 457 Å². The number of benzene rings is 9. The standard InChI is InChI=1S/C38H37N3O.C34H31N3O.C33H35N3O.C27H29N3O/c1-36(2)18-20-41-21-19-37(3,4)33-23-27(22-32(36)35(33)41)16-17-31-24-28(34(26-39)40-5)25-38(42-31,29-12-8-6-9-13-29)30-14-10-7-11-15-30;1-4-26-20-25(21-27-12-11-19-37(3)33(26)27)17-18-31-22-28(32(24-35)36-2)23-34(38-31,29-13-7-5-8-14-29)30-15-9-6-10-16-30;1-31(2)14-16-36-17-15-32(3,4)28-19-23(18-27(31)30(28)36)12-13-26-20-24(29(22-34)35-6)21-33(5,37-26)25-10-8-7-9-11-25;1-29-25(19-28)23-17-24(31-27(18-23)11-3-2-4-12-27)10-9-20-15-21-7-5-13-30-14-6-8-22(16-20)26(21)30/h6-17,22-24H,18-21,25H2,1-4H3;5-10,13-18,20-22H,4,11-12,19,23H2,1,3H3;7-13,18-20H,14-17,21H2,1-5H3;9-10,15-17H,2-8,11-14,18H2/b17-16+,34-28+;18-17+,32-28-;13-12+,29-24-;10-9+,25-23+. The van der Waals surface area contributed by atoms with Crippen molar-refractivity contribution in [2.24, 2.45) is 0 Å². The zero-order valence-corrected chi connectivity index (χ0v) is 87.6. The number of nitrogens with zero attached hydrogens (tertiary/aromatic N) is 12. The summed E-state index contributed by atoms with van der Waals surface area (Å²) in [5.74, 6) is 2.71. The maximum Gasteiger partial charge on any atom is 0.265 e. The Morgan fingerprint density at radius 3 is 0.980 bits per heavy atom. The first-order valence-corrected chi connectivity index (χ1v) is 52.8. The lowest BCUT2D eigenvalue weighted by Gasteiger charge is -2.48. The summed E-state index contributed by atoms with van der Waals surface area (Å²) in [6.07, 6.45) is 44.1. The molecule has 0 saturated heterocycles. The molecule has 1 fully saturated rings. The van der Waals surface area contributed by atoms with E-state index < -0.39 is 16.8 Å². The van der Waals surface area contributed by atoms with Crippen LogP contribution in [0.3, 0.4) is 0 Å². The smallest absolute Gasteiger partial charge is 0.265 e. The Balaban J connectivity index is 0.000000130. The average Bonchev–Trinajstić information content (AvgIpc) is 0.728. The van der Waals surface area contributed by atoms with Gasteiger partial charge in [0.25, 0.3) is 22.8 Å². The molecule has 11 aliphatic heterocycles. The molecular formula is C132H132N12O4. The van der Waals surface area contributed by atoms with E-state index in [-0.39, 0.29) is 50.0 Å². The first kappa shape index (κ1) is 102. The second-order valence-corrected chi connectivity index (χ2v) is 44.4. The van der Waals surface area contributed by atoms with Gasteiger partial charge in [-0.05, 0) is 317 Å². The van der Waals surface area contributed by atoms with Gasteiger partial charge in [-0.2, -0.15) is 0 Å². The molecule has 0 bridgehead atoms. The third-order valence-electron chi connectivity index (χ3n) is 32.6. The van der Waals surface area contributed by atoms with E-state index >= 15 is 0 Å². The molecule has 12 aliphatic rings. The van der Waals surface area contributed by atoms with Gasteiger partial charge >= 0.3 is 0 Å². The number of ether oxygens (including phenoxy) is 4. The predicted molar refractivity (Wildman–Crippen MR) is 596 cm³/mol. The van der Waals surface area contributed by atoms with Crippen molar-refractivity contribution in [1.82, 2.24) is 0 Å². The molecule has 9 aromatic rings. The minimum atomic E-state index is -0.870. The van der Waals surface area contributed by atoms with Gasteiger partial charge in [-0.15, -0.1) is 0 Å². The summed E-state index contributed by atoms with van der Waals surface area (Å²) in [6, 6.07) is 77.5. The molecule has 0 aromatic heterocycles. The van der Waals surface area contributed by atoms with Crippen LogP contribution in [0, 0.1) is 71.6 Å². The fourth-order valence-corrected chi connectivity index (χ4v) is 24.4. The molecule has 0 amide bonds. The monoisotopic (exact) mass is 1950 g/mol. The second kappa shape index (κ2) is 43.1. The number of fused-ring (bicyclic) bond motifs is 1. The molecule has 16 nitrogen and oxygen atoms in total. The molecule has 16 heteroatoms. The molecule has 1 unspecified atom stereocenters. The van der Waals surface area contributed by atoms with E-state index in [0.717, 1.165) is 172 Å². The quantitative estimate of drug-likeness (QED) is 0.0749. The second-order valence-electron chi connectivity index (χ2n) is 44.4. The minimum Gasteiger partial charge on any atom is -0.487 e. The van der Waals surface area contributed by atoms with E-state index in [9.17, 15) is 21.0 Å². The molecule has 0 radical (unpaired) electrons. The third-order valence-corrected chi connectivity index (χ3v) is 32.6. The van der Waals surface area contributed by atoms with E-state index in [4.69, 9.17) is 45.2 Å². The molecule has 1 spiro atoms. The Morgan fingerprint density at radius 1 is 0.324 bits per heavy atom. The molecule has 21 rings (SSSR count). The fraction of sp³-hybridized carbons (Fsp3) is 0.348. The highest BCUT2D eigenvalue weighted by molar-refractivity contribution is 5.76. The average molecular weight is 1950 g/mol. The van der Waals surface area contributed by atoms with Crippen LogP contribution in [0.2, 0.25) is 0 Å². The fourth-order valence-electron chi connectivity index (χ4n) is 24.4. The van der Waals surface area contributed by atoms with Crippen LogP contribution >= 0.6 is 0 Å². The zero-order valence-electron chi connectivity index (χ0n) is 87.6. The molecule has 1 atom stereocenters. The van der Waals surface area contributed by atoms with E-state index in [1.54, 1.807) is 0 Å². The van der Waals surface area contributed by atoms with Crippen LogP contribution in [0.15, 0.2) is 317 Å². The molecule has 9 aromatic carbocycles. The molecule has 1 saturated carbocycles. The molecular weight excluding hydrogens is 1820 g/mol. The predicted octanol–water partition coefficient (Wildman–Crippen LogP) is 30.3. The summed E-state index contributed by atoms with van der Waals surface area (Å²) >= 11 is 0. The normalized spacial score (nSPS) is 21.6. The van der Waals surface area contributed by atoms with Gasteiger partial charge in [-0.25, -0.2) is 40.4 Å². The van der Waals surface area contributed by atoms with Crippen molar-refractivity contribution in [3.8, 4) is 24.3 Å². The number of nitriles is 4. The highest BCUT2D eigenvalue weighted by atomic mass is 16.5. The van der Waals surface area contributed by atoms with E-state index in [1.807, 2.05) is 159 Å². The Bertz CT molecular complexity index is 7140. The van der Waals surface area contributed by atoms with Crippen LogP contribution in [0.1, 0.15) is 267 Å². The van der Waals surface area contributed by atoms with Gasteiger partial charge in [0, 0.05) is 124 Å². The van der Waals surface area contributed by atoms with Crippen LogP contribution in [0.4, 0.5) is 22.7 Å². The number of hydrogen-bond donors (Lipinski definition) is 0. The lowest BCUT2D eigenvalue weighted by Crippen LogP contribution is -2.44. The Kier molecular flexibility index (Phi) is 29.7. The van der Waals surface area contributed by atoms with Gasteiger partial charge < -0.3 is 38.5 Å². The largest absolute Gasteiger partial charge is 0.487 e. The lowest BCUT2D eigenvalue weighted by molar-refractivity contribution is -0.0285. The van der Waals surface area contributed by atoms with Crippen LogP contribution in [-0.2, 0) is 83.1 Å². The first-order valence-electron chi connectivity index (χ1n) is 52.8. The van der Waals surface area contributed by atoms with Gasteiger partial charge in [0.1, 0.15) is 34.2 Å². The summed E-state index contributed by atoms with van der Waals surface area (Å²) in [7, 11) is 2.18. The first-order chi connectivity index (χ1) is 71.5. The SMILES string of the molecule is [C-]#[N+]/C(C#N)=C1C=C(/C=C/c2cc(CC)c3c(c2)CCCN3C)OC(c2ccccc2)(c2ccccc2)C/1.[C-]#[N+]/C(C#N)=C1C=C(/C=C/c2cc3c4c(c2)C(C)(C)CCN4CCC3(C)C)OC(C)(c2ccccc2)C/1.[C-]#[N+]/C(C#N)=C1C=C(/C=C/c2cc3c4c(c2)C(C)(C)CCN4CCC3(C)C)OC(c2ccccc2)(c2ccccc2)C\1.[C-]#[N+]/C(C#N)=C1C=C(/C=C/c2cc3c4c(c2)CCCN4CCC3)OC2(CCCCC2)C\1.